The van der Waals surface area contributed by atoms with Crippen LogP contribution in [-0.4, -0.2) is 51.1 Å². The summed E-state index contributed by atoms with van der Waals surface area (Å²) >= 11 is 0. The van der Waals surface area contributed by atoms with Crippen molar-refractivity contribution >= 4 is 28.2 Å². The lowest BCUT2D eigenvalue weighted by atomic mass is 9.99. The quantitative estimate of drug-likeness (QED) is 0.480. The fourth-order valence-electron chi connectivity index (χ4n) is 3.03. The predicted octanol–water partition coefficient (Wildman–Crippen LogP) is 2.89. The van der Waals surface area contributed by atoms with E-state index in [9.17, 15) is 13.2 Å². The maximum absolute atomic E-state index is 13.4. The maximum Gasteiger partial charge on any atom is 0.328 e. The molecule has 1 aromatic carbocycles. The van der Waals surface area contributed by atoms with Crippen LogP contribution in [0.1, 0.15) is 46.5 Å². The van der Waals surface area contributed by atoms with Gasteiger partial charge in [-0.3, -0.25) is 4.79 Å². The molecule has 0 spiro atoms. The van der Waals surface area contributed by atoms with Gasteiger partial charge in [-0.1, -0.05) is 0 Å². The average molecular weight is 450 g/mol. The Balaban J connectivity index is 0.00000420. The molecule has 0 bridgehead atoms. The number of carbonyl (C=O) groups is 1. The average Bonchev–Trinajstić information content (AvgIpc) is 2.64. The van der Waals surface area contributed by atoms with Crippen LogP contribution in [0.5, 0.6) is 5.75 Å². The zero-order valence-electron chi connectivity index (χ0n) is 17.3. The molecule has 2 rings (SSSR count). The second-order valence-corrected chi connectivity index (χ2v) is 10.2. The van der Waals surface area contributed by atoms with Gasteiger partial charge in [-0.2, -0.15) is 0 Å². The molecule has 1 aliphatic heterocycles. The van der Waals surface area contributed by atoms with Gasteiger partial charge >= 0.3 is 5.97 Å². The Labute approximate surface area is 179 Å². The van der Waals surface area contributed by atoms with E-state index in [1.54, 1.807) is 32.9 Å². The number of rotatable bonds is 8. The topological polar surface area (TPSA) is 105 Å². The van der Waals surface area contributed by atoms with Crippen molar-refractivity contribution in [3.63, 3.8) is 0 Å². The summed E-state index contributed by atoms with van der Waals surface area (Å²) in [6.07, 6.45) is 1.84. The fourth-order valence-corrected chi connectivity index (χ4v) is 4.94. The first kappa shape index (κ1) is 25.7. The first-order valence-corrected chi connectivity index (χ1v) is 11.1. The Morgan fingerprint density at radius 2 is 1.72 bits per heavy atom. The highest BCUT2D eigenvalue weighted by Crippen LogP contribution is 2.37. The number of nitrogens with two attached hydrogens (primary N) is 1. The van der Waals surface area contributed by atoms with E-state index in [1.807, 2.05) is 0 Å². The van der Waals surface area contributed by atoms with Crippen LogP contribution in [0, 0.1) is 0 Å². The minimum absolute atomic E-state index is 0. The Hall–Kier alpha value is -1.35. The molecule has 0 saturated carbocycles. The Bertz CT molecular complexity index is 752. The second kappa shape index (κ2) is 10.6. The zero-order valence-corrected chi connectivity index (χ0v) is 18.9. The van der Waals surface area contributed by atoms with E-state index >= 15 is 0 Å². The molecule has 1 aromatic rings. The SMILES string of the molecule is CC(C)(C)OC(=O)C1(S(=O)(=O)c2ccc(OCCCCN)cc2)CCOCC1.Cl. The standard InChI is InChI=1S/C20H31NO6S.ClH/c1-19(2,3)27-18(22)20(10-14-25-15-11-20)28(23,24)17-8-6-16(7-9-17)26-13-5-4-12-21;/h6-9H,4-5,10-15,21H2,1-3H3;1H. The number of unbranched alkanes of at least 4 members (excludes halogenated alkanes) is 1. The number of benzene rings is 1. The first-order valence-electron chi connectivity index (χ1n) is 9.61. The summed E-state index contributed by atoms with van der Waals surface area (Å²) in [7, 11) is -3.97. The number of halogens is 1. The Morgan fingerprint density at radius 3 is 2.24 bits per heavy atom. The summed E-state index contributed by atoms with van der Waals surface area (Å²) in [5.41, 5.74) is 4.67. The van der Waals surface area contributed by atoms with E-state index in [0.717, 1.165) is 12.8 Å². The predicted molar refractivity (Wildman–Crippen MR) is 113 cm³/mol. The second-order valence-electron chi connectivity index (χ2n) is 7.93. The van der Waals surface area contributed by atoms with Gasteiger partial charge in [0.2, 0.25) is 0 Å². The van der Waals surface area contributed by atoms with Gasteiger partial charge < -0.3 is 19.9 Å². The number of hydrogen-bond acceptors (Lipinski definition) is 7. The summed E-state index contributed by atoms with van der Waals surface area (Å²) in [6, 6.07) is 6.18. The molecule has 29 heavy (non-hydrogen) atoms. The van der Waals surface area contributed by atoms with E-state index in [4.69, 9.17) is 19.9 Å². The van der Waals surface area contributed by atoms with Crippen molar-refractivity contribution in [2.45, 2.75) is 61.7 Å². The van der Waals surface area contributed by atoms with Crippen LogP contribution in [0.2, 0.25) is 0 Å². The molecule has 1 heterocycles. The molecular weight excluding hydrogens is 418 g/mol. The summed E-state index contributed by atoms with van der Waals surface area (Å²) in [4.78, 5) is 13.0. The molecular formula is C20H32ClNO6S. The number of ether oxygens (including phenoxy) is 3. The smallest absolute Gasteiger partial charge is 0.328 e. The van der Waals surface area contributed by atoms with Gasteiger partial charge in [-0.15, -0.1) is 12.4 Å². The van der Waals surface area contributed by atoms with E-state index in [2.05, 4.69) is 0 Å². The van der Waals surface area contributed by atoms with Crippen LogP contribution in [0.15, 0.2) is 29.2 Å². The van der Waals surface area contributed by atoms with Crippen LogP contribution in [0.25, 0.3) is 0 Å². The van der Waals surface area contributed by atoms with Gasteiger partial charge in [0, 0.05) is 26.1 Å². The monoisotopic (exact) mass is 449 g/mol. The third-order valence-electron chi connectivity index (χ3n) is 4.59. The molecule has 2 N–H and O–H groups in total. The molecule has 7 nitrogen and oxygen atoms in total. The lowest BCUT2D eigenvalue weighted by Crippen LogP contribution is -2.53. The number of sulfone groups is 1. The number of hydrogen-bond donors (Lipinski definition) is 1. The molecule has 0 aromatic heterocycles. The van der Waals surface area contributed by atoms with Gasteiger partial charge in [0.25, 0.3) is 0 Å². The van der Waals surface area contributed by atoms with Crippen molar-refractivity contribution in [3.05, 3.63) is 24.3 Å². The maximum atomic E-state index is 13.4. The summed E-state index contributed by atoms with van der Waals surface area (Å²) in [5, 5.41) is 0. The van der Waals surface area contributed by atoms with Crippen molar-refractivity contribution in [1.29, 1.82) is 0 Å². The van der Waals surface area contributed by atoms with Crippen LogP contribution >= 0.6 is 12.4 Å². The van der Waals surface area contributed by atoms with E-state index in [1.165, 1.54) is 12.1 Å². The highest BCUT2D eigenvalue weighted by molar-refractivity contribution is 7.93. The largest absolute Gasteiger partial charge is 0.494 e. The third kappa shape index (κ3) is 6.31. The van der Waals surface area contributed by atoms with Gasteiger partial charge in [0.1, 0.15) is 11.4 Å². The van der Waals surface area contributed by atoms with Crippen LogP contribution in [0.3, 0.4) is 0 Å². The van der Waals surface area contributed by atoms with Crippen molar-refractivity contribution in [2.24, 2.45) is 5.73 Å². The first-order chi connectivity index (χ1) is 13.1. The normalized spacial score (nSPS) is 16.6. The molecule has 1 aliphatic rings. The van der Waals surface area contributed by atoms with Gasteiger partial charge in [0.15, 0.2) is 14.6 Å². The van der Waals surface area contributed by atoms with Crippen LogP contribution in [0.4, 0.5) is 0 Å². The van der Waals surface area contributed by atoms with Gasteiger partial charge in [-0.25, -0.2) is 8.42 Å². The molecule has 0 radical (unpaired) electrons. The highest BCUT2D eigenvalue weighted by Gasteiger charge is 2.54. The molecule has 1 fully saturated rings. The van der Waals surface area contributed by atoms with Crippen LogP contribution in [-0.2, 0) is 24.1 Å². The molecule has 0 aliphatic carbocycles. The van der Waals surface area contributed by atoms with E-state index in [-0.39, 0.29) is 43.4 Å². The molecule has 0 unspecified atom stereocenters. The lowest BCUT2D eigenvalue weighted by molar-refractivity contribution is -0.160. The summed E-state index contributed by atoms with van der Waals surface area (Å²) < 4.78 is 41.6. The minimum Gasteiger partial charge on any atom is -0.494 e. The van der Waals surface area contributed by atoms with Crippen molar-refractivity contribution in [1.82, 2.24) is 0 Å². The Kier molecular flexibility index (Phi) is 9.40. The number of esters is 1. The van der Waals surface area contributed by atoms with Crippen LogP contribution < -0.4 is 10.5 Å². The summed E-state index contributed by atoms with van der Waals surface area (Å²) in [5.74, 6) is -0.139. The third-order valence-corrected chi connectivity index (χ3v) is 7.08. The highest BCUT2D eigenvalue weighted by atomic mass is 35.5. The van der Waals surface area contributed by atoms with Gasteiger partial charge in [0.05, 0.1) is 11.5 Å². The van der Waals surface area contributed by atoms with Crippen molar-refractivity contribution in [2.75, 3.05) is 26.4 Å². The van der Waals surface area contributed by atoms with Crippen molar-refractivity contribution < 1.29 is 27.4 Å². The van der Waals surface area contributed by atoms with Crippen molar-refractivity contribution in [3.8, 4) is 5.75 Å². The minimum atomic E-state index is -3.97. The molecule has 9 heteroatoms. The lowest BCUT2D eigenvalue weighted by Gasteiger charge is -2.36. The molecule has 0 atom stereocenters. The Morgan fingerprint density at radius 1 is 1.14 bits per heavy atom. The number of carbonyl (C=O) groups excluding carboxylic acids is 1. The zero-order chi connectivity index (χ0) is 20.8. The molecule has 166 valence electrons. The molecule has 1 saturated heterocycles. The van der Waals surface area contributed by atoms with Gasteiger partial charge in [-0.05, 0) is 64.4 Å². The fraction of sp³-hybridized carbons (Fsp3) is 0.650. The summed E-state index contributed by atoms with van der Waals surface area (Å²) in [6.45, 7) is 6.69. The molecule has 0 amide bonds. The van der Waals surface area contributed by atoms with E-state index < -0.39 is 26.2 Å². The van der Waals surface area contributed by atoms with E-state index in [0.29, 0.717) is 18.9 Å².